The molecule has 0 bridgehead atoms. The second kappa shape index (κ2) is 5.38. The zero-order chi connectivity index (χ0) is 13.9. The third-order valence-corrected chi connectivity index (χ3v) is 5.11. The van der Waals surface area contributed by atoms with Crippen molar-refractivity contribution in [1.82, 2.24) is 4.98 Å². The average Bonchev–Trinajstić information content (AvgIpc) is 2.79. The van der Waals surface area contributed by atoms with E-state index in [1.807, 2.05) is 6.07 Å². The Balaban J connectivity index is 2.19. The van der Waals surface area contributed by atoms with Gasteiger partial charge in [-0.2, -0.15) is 5.26 Å². The van der Waals surface area contributed by atoms with Crippen molar-refractivity contribution >= 4 is 27.0 Å². The smallest absolute Gasteiger partial charge is 0.273 e. The summed E-state index contributed by atoms with van der Waals surface area (Å²) < 4.78 is 26.7. The molecule has 0 amide bonds. The summed E-state index contributed by atoms with van der Waals surface area (Å²) in [6.07, 6.45) is 1.65. The van der Waals surface area contributed by atoms with Gasteiger partial charge in [-0.3, -0.25) is 4.72 Å². The molecule has 5 nitrogen and oxygen atoms in total. The van der Waals surface area contributed by atoms with Gasteiger partial charge in [-0.15, -0.1) is 11.3 Å². The van der Waals surface area contributed by atoms with Crippen molar-refractivity contribution in [1.29, 1.82) is 5.26 Å². The minimum Gasteiger partial charge on any atom is -0.279 e. The Hall–Kier alpha value is -1.91. The molecule has 7 heteroatoms. The van der Waals surface area contributed by atoms with Crippen LogP contribution in [0, 0.1) is 18.3 Å². The molecule has 0 aliphatic carbocycles. The summed E-state index contributed by atoms with van der Waals surface area (Å²) in [5, 5.41) is 9.26. The van der Waals surface area contributed by atoms with Crippen LogP contribution in [0.15, 0.2) is 34.7 Å². The van der Waals surface area contributed by atoms with E-state index in [-0.39, 0.29) is 4.21 Å². The maximum Gasteiger partial charge on any atom is 0.273 e. The summed E-state index contributed by atoms with van der Waals surface area (Å²) >= 11 is 1.12. The molecule has 1 heterocycles. The number of nitriles is 1. The molecule has 0 fully saturated rings. The number of aromatic nitrogens is 1. The normalized spacial score (nSPS) is 10.9. The van der Waals surface area contributed by atoms with E-state index < -0.39 is 10.0 Å². The number of rotatable bonds is 4. The summed E-state index contributed by atoms with van der Waals surface area (Å²) in [6, 6.07) is 8.75. The SMILES string of the molecule is Cc1ncc(S(=O)(=O)Nc2ccc(CC#N)cc2)s1. The fraction of sp³-hybridized carbons (Fsp3) is 0.167. The van der Waals surface area contributed by atoms with Gasteiger partial charge in [0, 0.05) is 5.69 Å². The van der Waals surface area contributed by atoms with Crippen LogP contribution >= 0.6 is 11.3 Å². The van der Waals surface area contributed by atoms with E-state index in [0.717, 1.165) is 16.9 Å². The van der Waals surface area contributed by atoms with Crippen molar-refractivity contribution in [2.24, 2.45) is 0 Å². The van der Waals surface area contributed by atoms with Crippen LogP contribution in [0.1, 0.15) is 10.6 Å². The lowest BCUT2D eigenvalue weighted by molar-refractivity contribution is 0.603. The molecular weight excluding hydrogens is 282 g/mol. The average molecular weight is 293 g/mol. The van der Waals surface area contributed by atoms with Gasteiger partial charge < -0.3 is 0 Å². The third kappa shape index (κ3) is 3.30. The van der Waals surface area contributed by atoms with Crippen LogP contribution in [0.25, 0.3) is 0 Å². The van der Waals surface area contributed by atoms with Crippen LogP contribution in [0.4, 0.5) is 5.69 Å². The largest absolute Gasteiger partial charge is 0.279 e. The number of nitrogens with zero attached hydrogens (tertiary/aromatic N) is 2. The molecule has 0 radical (unpaired) electrons. The zero-order valence-corrected chi connectivity index (χ0v) is 11.8. The number of benzene rings is 1. The van der Waals surface area contributed by atoms with Crippen LogP contribution in [-0.2, 0) is 16.4 Å². The fourth-order valence-electron chi connectivity index (χ4n) is 1.45. The molecule has 1 aromatic carbocycles. The van der Waals surface area contributed by atoms with Gasteiger partial charge in [0.15, 0.2) is 4.21 Å². The molecule has 0 saturated carbocycles. The fourth-order valence-corrected chi connectivity index (χ4v) is 3.62. The molecular formula is C12H11N3O2S2. The highest BCUT2D eigenvalue weighted by Gasteiger charge is 2.16. The van der Waals surface area contributed by atoms with Crippen LogP contribution in [0.3, 0.4) is 0 Å². The highest BCUT2D eigenvalue weighted by molar-refractivity contribution is 7.94. The first kappa shape index (κ1) is 13.5. The maximum absolute atomic E-state index is 12.0. The molecule has 0 unspecified atom stereocenters. The predicted molar refractivity (Wildman–Crippen MR) is 73.4 cm³/mol. The van der Waals surface area contributed by atoms with Gasteiger partial charge in [0.2, 0.25) is 0 Å². The van der Waals surface area contributed by atoms with Gasteiger partial charge >= 0.3 is 0 Å². The Labute approximate surface area is 115 Å². The van der Waals surface area contributed by atoms with E-state index in [1.54, 1.807) is 31.2 Å². The summed E-state index contributed by atoms with van der Waals surface area (Å²) in [6.45, 7) is 1.75. The molecule has 98 valence electrons. The zero-order valence-electron chi connectivity index (χ0n) is 10.1. The molecule has 2 aromatic rings. The molecule has 1 aromatic heterocycles. The predicted octanol–water partition coefficient (Wildman–Crippen LogP) is 2.32. The van der Waals surface area contributed by atoms with Gasteiger partial charge in [0.1, 0.15) is 0 Å². The quantitative estimate of drug-likeness (QED) is 0.937. The lowest BCUT2D eigenvalue weighted by Gasteiger charge is -2.06. The molecule has 0 aliphatic rings. The lowest BCUT2D eigenvalue weighted by Crippen LogP contribution is -2.11. The molecule has 0 aliphatic heterocycles. The summed E-state index contributed by atoms with van der Waals surface area (Å²) in [4.78, 5) is 3.93. The minimum atomic E-state index is -3.58. The van der Waals surface area contributed by atoms with E-state index in [4.69, 9.17) is 5.26 Å². The van der Waals surface area contributed by atoms with Gasteiger partial charge in [0.05, 0.1) is 23.7 Å². The highest BCUT2D eigenvalue weighted by Crippen LogP contribution is 2.21. The number of sulfonamides is 1. The van der Waals surface area contributed by atoms with Crippen LogP contribution in [0.2, 0.25) is 0 Å². The Morgan fingerprint density at radius 1 is 1.37 bits per heavy atom. The van der Waals surface area contributed by atoms with Gasteiger partial charge in [0.25, 0.3) is 10.0 Å². The molecule has 1 N–H and O–H groups in total. The second-order valence-electron chi connectivity index (χ2n) is 3.84. The first-order valence-electron chi connectivity index (χ1n) is 5.42. The summed E-state index contributed by atoms with van der Waals surface area (Å²) in [7, 11) is -3.58. The van der Waals surface area contributed by atoms with Crippen LogP contribution in [-0.4, -0.2) is 13.4 Å². The molecule has 0 saturated heterocycles. The number of thiazole rings is 1. The van der Waals surface area contributed by atoms with E-state index in [2.05, 4.69) is 9.71 Å². The Morgan fingerprint density at radius 2 is 2.05 bits per heavy atom. The molecule has 0 atom stereocenters. The Bertz CT molecular complexity index is 712. The minimum absolute atomic E-state index is 0.186. The van der Waals surface area contributed by atoms with Crippen molar-refractivity contribution in [2.45, 2.75) is 17.6 Å². The van der Waals surface area contributed by atoms with Crippen LogP contribution < -0.4 is 4.72 Å². The number of aryl methyl sites for hydroxylation is 1. The maximum atomic E-state index is 12.0. The first-order chi connectivity index (χ1) is 9.01. The third-order valence-electron chi connectivity index (χ3n) is 2.35. The number of anilines is 1. The van der Waals surface area contributed by atoms with Crippen molar-refractivity contribution in [3.8, 4) is 6.07 Å². The number of hydrogen-bond donors (Lipinski definition) is 1. The first-order valence-corrected chi connectivity index (χ1v) is 7.72. The summed E-state index contributed by atoms with van der Waals surface area (Å²) in [5.74, 6) is 0. The molecule has 2 rings (SSSR count). The lowest BCUT2D eigenvalue weighted by atomic mass is 10.1. The van der Waals surface area contributed by atoms with E-state index in [1.165, 1.54) is 6.20 Å². The number of nitrogens with one attached hydrogen (secondary N) is 1. The molecule has 19 heavy (non-hydrogen) atoms. The van der Waals surface area contributed by atoms with E-state index in [0.29, 0.717) is 17.1 Å². The van der Waals surface area contributed by atoms with Crippen LogP contribution in [0.5, 0.6) is 0 Å². The Kier molecular flexibility index (Phi) is 3.83. The van der Waals surface area contributed by atoms with Gasteiger partial charge in [-0.1, -0.05) is 12.1 Å². The standard InChI is InChI=1S/C12H11N3O2S2/c1-9-14-8-12(18-9)19(16,17)15-11-4-2-10(3-5-11)6-7-13/h2-5,8,15H,6H2,1H3. The van der Waals surface area contributed by atoms with E-state index in [9.17, 15) is 8.42 Å². The highest BCUT2D eigenvalue weighted by atomic mass is 32.2. The van der Waals surface area contributed by atoms with Crippen molar-refractivity contribution < 1.29 is 8.42 Å². The number of hydrogen-bond acceptors (Lipinski definition) is 5. The van der Waals surface area contributed by atoms with Crippen molar-refractivity contribution in [3.63, 3.8) is 0 Å². The summed E-state index contributed by atoms with van der Waals surface area (Å²) in [5.41, 5.74) is 1.31. The molecule has 0 spiro atoms. The van der Waals surface area contributed by atoms with E-state index >= 15 is 0 Å². The monoisotopic (exact) mass is 293 g/mol. The van der Waals surface area contributed by atoms with Gasteiger partial charge in [-0.25, -0.2) is 13.4 Å². The van der Waals surface area contributed by atoms with Crippen molar-refractivity contribution in [2.75, 3.05) is 4.72 Å². The topological polar surface area (TPSA) is 82.8 Å². The second-order valence-corrected chi connectivity index (χ2v) is 6.98. The Morgan fingerprint density at radius 3 is 2.58 bits per heavy atom. The van der Waals surface area contributed by atoms with Gasteiger partial charge in [-0.05, 0) is 24.6 Å². The van der Waals surface area contributed by atoms with Crippen molar-refractivity contribution in [3.05, 3.63) is 41.0 Å².